The molecule has 0 saturated carbocycles. The van der Waals surface area contributed by atoms with Crippen LogP contribution in [0, 0.1) is 0 Å². The number of amidine groups is 1. The van der Waals surface area contributed by atoms with E-state index in [1.165, 1.54) is 65.0 Å². The zero-order valence-corrected chi connectivity index (χ0v) is 36.1. The van der Waals surface area contributed by atoms with E-state index in [0.29, 0.717) is 5.84 Å². The lowest BCUT2D eigenvalue weighted by atomic mass is 9.88. The lowest BCUT2D eigenvalue weighted by Gasteiger charge is -2.20. The molecule has 0 N–H and O–H groups in total. The van der Waals surface area contributed by atoms with Crippen LogP contribution in [0.1, 0.15) is 47.1 Å². The minimum Gasteiger partial charge on any atom is -0.455 e. The molecule has 4 nitrogen and oxygen atoms in total. The largest absolute Gasteiger partial charge is 0.455 e. The molecule has 0 atom stereocenters. The first-order valence-corrected chi connectivity index (χ1v) is 23.1. The zero-order chi connectivity index (χ0) is 43.3. The van der Waals surface area contributed by atoms with Crippen LogP contribution >= 0.6 is 0 Å². The normalized spacial score (nSPS) is 14.3. The van der Waals surface area contributed by atoms with Crippen LogP contribution in [0.25, 0.3) is 104 Å². The van der Waals surface area contributed by atoms with Crippen LogP contribution in [0.2, 0.25) is 0 Å². The monoisotopic (exact) mass is 843 g/mol. The van der Waals surface area contributed by atoms with Gasteiger partial charge in [0.25, 0.3) is 0 Å². The van der Waals surface area contributed by atoms with Crippen LogP contribution in [0.15, 0.2) is 209 Å². The summed E-state index contributed by atoms with van der Waals surface area (Å²) in [7, 11) is 0. The van der Waals surface area contributed by atoms with Crippen molar-refractivity contribution in [1.82, 2.24) is 4.57 Å². The Morgan fingerprint density at radius 3 is 1.98 bits per heavy atom. The van der Waals surface area contributed by atoms with Gasteiger partial charge in [0.15, 0.2) is 5.84 Å². The Balaban J connectivity index is 1.13. The number of benzene rings is 10. The Hall–Kier alpha value is -8.34. The molecule has 66 heavy (non-hydrogen) atoms. The Morgan fingerprint density at radius 1 is 0.455 bits per heavy atom. The van der Waals surface area contributed by atoms with Crippen molar-refractivity contribution in [2.75, 3.05) is 0 Å². The Morgan fingerprint density at radius 2 is 1.14 bits per heavy atom. The van der Waals surface area contributed by atoms with Crippen LogP contribution in [0.5, 0.6) is 0 Å². The molecule has 0 spiro atoms. The van der Waals surface area contributed by atoms with Gasteiger partial charge in [0, 0.05) is 32.7 Å². The Labute approximate surface area is 380 Å². The number of hydrogen-bond donors (Lipinski definition) is 0. The van der Waals surface area contributed by atoms with E-state index in [0.717, 1.165) is 92.4 Å². The van der Waals surface area contributed by atoms with E-state index in [2.05, 4.69) is 199 Å². The van der Waals surface area contributed by atoms with Crippen molar-refractivity contribution >= 4 is 110 Å². The number of aromatic nitrogens is 1. The molecule has 0 fully saturated rings. The molecule has 12 aromatic rings. The minimum absolute atomic E-state index is 0.622. The number of aliphatic imine (C=N–C) groups is 2. The molecule has 1 aliphatic carbocycles. The molecule has 0 bridgehead atoms. The molecule has 0 radical (unpaired) electrons. The topological polar surface area (TPSA) is 42.8 Å². The number of nitrogens with zero attached hydrogens (tertiary/aromatic N) is 3. The summed E-state index contributed by atoms with van der Waals surface area (Å²) in [4.78, 5) is 11.8. The maximum atomic E-state index is 7.10. The molecule has 0 saturated heterocycles. The predicted molar refractivity (Wildman–Crippen MR) is 279 cm³/mol. The van der Waals surface area contributed by atoms with E-state index >= 15 is 0 Å². The van der Waals surface area contributed by atoms with Crippen LogP contribution in [-0.2, 0) is 6.42 Å². The molecule has 3 heterocycles. The highest BCUT2D eigenvalue weighted by molar-refractivity contribution is 6.26. The highest BCUT2D eigenvalue weighted by Gasteiger charge is 2.26. The van der Waals surface area contributed by atoms with Gasteiger partial charge in [0.05, 0.1) is 33.7 Å². The molecule has 10 aromatic carbocycles. The summed E-state index contributed by atoms with van der Waals surface area (Å²) in [5, 5.41) is 14.2. The van der Waals surface area contributed by atoms with Gasteiger partial charge in [-0.2, -0.15) is 0 Å². The average Bonchev–Trinajstić information content (AvgIpc) is 3.90. The number of fused-ring (bicyclic) bond motifs is 13. The Bertz CT molecular complexity index is 4170. The van der Waals surface area contributed by atoms with Gasteiger partial charge in [0.2, 0.25) is 0 Å². The van der Waals surface area contributed by atoms with Gasteiger partial charge in [-0.15, -0.1) is 0 Å². The molecule has 4 heteroatoms. The van der Waals surface area contributed by atoms with Crippen molar-refractivity contribution in [3.05, 3.63) is 222 Å². The van der Waals surface area contributed by atoms with E-state index in [-0.39, 0.29) is 0 Å². The van der Waals surface area contributed by atoms with Gasteiger partial charge in [-0.05, 0) is 128 Å². The molecule has 310 valence electrons. The standard InChI is InChI=1S/C62H41N3O/c1-2-17-39-37-58-53(34-38(39)16-1)48-26-11-13-30-56(48)65(58)57-33-32-50-49-27-12-14-31-59(49)66-61(50)60(57)62-63-54(51-35-40-18-3-5-20-42(40)44-22-7-9-24-46(44)51)28-15-29-55(64-62)52-36-41-19-4-6-21-43(41)45-23-8-10-25-47(45)52/h1-5,7-14,16-20,22-27,29-37H,6,15,21,28H2. The maximum Gasteiger partial charge on any atom is 0.165 e. The maximum absolute atomic E-state index is 7.10. The summed E-state index contributed by atoms with van der Waals surface area (Å²) in [6, 6.07) is 66.0. The average molecular weight is 844 g/mol. The third kappa shape index (κ3) is 5.64. The molecule has 2 aliphatic rings. The number of rotatable bonds is 4. The summed E-state index contributed by atoms with van der Waals surface area (Å²) >= 11 is 0. The lowest BCUT2D eigenvalue weighted by Crippen LogP contribution is -2.13. The number of furan rings is 1. The quantitative estimate of drug-likeness (QED) is 0.163. The fraction of sp³-hybridized carbons (Fsp3) is 0.0645. The van der Waals surface area contributed by atoms with Gasteiger partial charge in [0.1, 0.15) is 11.2 Å². The third-order valence-corrected chi connectivity index (χ3v) is 14.1. The molecular formula is C62H41N3O. The van der Waals surface area contributed by atoms with Crippen LogP contribution in [-0.4, -0.2) is 16.1 Å². The van der Waals surface area contributed by atoms with Gasteiger partial charge < -0.3 is 8.98 Å². The van der Waals surface area contributed by atoms with E-state index in [1.54, 1.807) is 0 Å². The van der Waals surface area contributed by atoms with Crippen LogP contribution < -0.4 is 0 Å². The smallest absolute Gasteiger partial charge is 0.165 e. The first-order valence-electron chi connectivity index (χ1n) is 23.1. The van der Waals surface area contributed by atoms with Crippen molar-refractivity contribution in [2.24, 2.45) is 9.98 Å². The summed E-state index contributed by atoms with van der Waals surface area (Å²) in [6.07, 6.45) is 10.5. The lowest BCUT2D eigenvalue weighted by molar-refractivity contribution is 0.667. The van der Waals surface area contributed by atoms with Gasteiger partial charge >= 0.3 is 0 Å². The van der Waals surface area contributed by atoms with Crippen molar-refractivity contribution in [1.29, 1.82) is 0 Å². The summed E-state index contributed by atoms with van der Waals surface area (Å²) in [5.74, 6) is 0.622. The first-order chi connectivity index (χ1) is 32.7. The highest BCUT2D eigenvalue weighted by atomic mass is 16.3. The van der Waals surface area contributed by atoms with E-state index < -0.39 is 0 Å². The summed E-state index contributed by atoms with van der Waals surface area (Å²) < 4.78 is 9.52. The summed E-state index contributed by atoms with van der Waals surface area (Å²) in [5.41, 5.74) is 12.5. The second kappa shape index (κ2) is 14.6. The highest BCUT2D eigenvalue weighted by Crippen LogP contribution is 2.42. The van der Waals surface area contributed by atoms with E-state index in [1.807, 2.05) is 6.07 Å². The third-order valence-electron chi connectivity index (χ3n) is 14.1. The van der Waals surface area contributed by atoms with Crippen LogP contribution in [0.4, 0.5) is 0 Å². The fourth-order valence-corrected chi connectivity index (χ4v) is 11.1. The first kappa shape index (κ1) is 37.1. The molecule has 0 unspecified atom stereocenters. The number of allylic oxidation sites excluding steroid dienone is 2. The fourth-order valence-electron chi connectivity index (χ4n) is 11.1. The molecule has 1 aliphatic heterocycles. The van der Waals surface area contributed by atoms with Crippen molar-refractivity contribution in [2.45, 2.75) is 25.7 Å². The zero-order valence-electron chi connectivity index (χ0n) is 36.1. The van der Waals surface area contributed by atoms with Gasteiger partial charge in [-0.1, -0.05) is 152 Å². The molecule has 0 amide bonds. The minimum atomic E-state index is 0.622. The SMILES string of the molecule is C1=Cc2cc(C3=CCCC(c4cc5ccccc5c5ccccc45)=NC(c4c(-n5c6ccccc6c6cc7ccccc7cc65)ccc5c4oc4ccccc45)=N3)c3ccccc3c2CC1. The number of hydrogen-bond acceptors (Lipinski definition) is 3. The van der Waals surface area contributed by atoms with Crippen LogP contribution in [0.3, 0.4) is 0 Å². The van der Waals surface area contributed by atoms with E-state index in [4.69, 9.17) is 14.4 Å². The molecular weight excluding hydrogens is 803 g/mol. The molecule has 14 rings (SSSR count). The summed E-state index contributed by atoms with van der Waals surface area (Å²) in [6.45, 7) is 0. The number of para-hydroxylation sites is 2. The number of aryl methyl sites for hydroxylation is 1. The Kier molecular flexibility index (Phi) is 8.20. The predicted octanol–water partition coefficient (Wildman–Crippen LogP) is 16.3. The van der Waals surface area contributed by atoms with E-state index in [9.17, 15) is 0 Å². The second-order valence-electron chi connectivity index (χ2n) is 17.8. The van der Waals surface area contributed by atoms with Crippen molar-refractivity contribution in [3.8, 4) is 5.69 Å². The van der Waals surface area contributed by atoms with Crippen molar-refractivity contribution in [3.63, 3.8) is 0 Å². The van der Waals surface area contributed by atoms with Gasteiger partial charge in [-0.25, -0.2) is 9.98 Å². The van der Waals surface area contributed by atoms with Crippen molar-refractivity contribution < 1.29 is 4.42 Å². The van der Waals surface area contributed by atoms with Gasteiger partial charge in [-0.3, -0.25) is 0 Å². The second-order valence-corrected chi connectivity index (χ2v) is 17.8. The molecule has 2 aromatic heterocycles.